The van der Waals surface area contributed by atoms with E-state index in [1.54, 1.807) is 6.07 Å². The molecule has 0 saturated carbocycles. The topological polar surface area (TPSA) is 63.5 Å². The number of hydrogen-bond donors (Lipinski definition) is 0. The molecule has 0 unspecified atom stereocenters. The highest BCUT2D eigenvalue weighted by Crippen LogP contribution is 2.32. The summed E-state index contributed by atoms with van der Waals surface area (Å²) >= 11 is 1.09. The maximum absolute atomic E-state index is 13.2. The highest BCUT2D eigenvalue weighted by molar-refractivity contribution is 8.00. The Morgan fingerprint density at radius 2 is 2.00 bits per heavy atom. The first-order valence-electron chi connectivity index (χ1n) is 7.11. The van der Waals surface area contributed by atoms with Crippen LogP contribution in [0.5, 0.6) is 0 Å². The molecule has 1 aliphatic rings. The van der Waals surface area contributed by atoms with Crippen molar-refractivity contribution in [3.05, 3.63) is 63.7 Å². The van der Waals surface area contributed by atoms with Gasteiger partial charge in [-0.2, -0.15) is 0 Å². The predicted octanol–water partition coefficient (Wildman–Crippen LogP) is 3.55. The lowest BCUT2D eigenvalue weighted by Crippen LogP contribution is -2.30. The van der Waals surface area contributed by atoms with Crippen molar-refractivity contribution in [3.8, 4) is 0 Å². The molecule has 1 aliphatic heterocycles. The van der Waals surface area contributed by atoms with Crippen LogP contribution in [0.15, 0.2) is 41.3 Å². The number of non-ortho nitro benzene ring substituents is 1. The third kappa shape index (κ3) is 3.23. The molecule has 1 amide bonds. The van der Waals surface area contributed by atoms with Crippen molar-refractivity contribution in [1.82, 2.24) is 0 Å². The van der Waals surface area contributed by atoms with Gasteiger partial charge in [0.15, 0.2) is 11.6 Å². The third-order valence-corrected chi connectivity index (χ3v) is 4.71. The molecule has 3 rings (SSSR count). The first-order chi connectivity index (χ1) is 11.5. The van der Waals surface area contributed by atoms with Crippen molar-refractivity contribution in [3.63, 3.8) is 0 Å². The lowest BCUT2D eigenvalue weighted by molar-refractivity contribution is -0.384. The summed E-state index contributed by atoms with van der Waals surface area (Å²) in [5, 5.41) is 10.9. The number of fused-ring (bicyclic) bond motifs is 1. The quantitative estimate of drug-likeness (QED) is 0.481. The average molecular weight is 350 g/mol. The molecule has 0 saturated heterocycles. The molecular weight excluding hydrogens is 338 g/mol. The highest BCUT2D eigenvalue weighted by Gasteiger charge is 2.26. The average Bonchev–Trinajstić information content (AvgIpc) is 2.98. The molecule has 0 spiro atoms. The van der Waals surface area contributed by atoms with E-state index in [1.165, 1.54) is 23.1 Å². The summed E-state index contributed by atoms with van der Waals surface area (Å²) in [4.78, 5) is 24.7. The van der Waals surface area contributed by atoms with Gasteiger partial charge >= 0.3 is 0 Å². The Morgan fingerprint density at radius 3 is 2.71 bits per heavy atom. The van der Waals surface area contributed by atoms with Crippen LogP contribution in [0.2, 0.25) is 0 Å². The van der Waals surface area contributed by atoms with Crippen molar-refractivity contribution >= 4 is 29.0 Å². The lowest BCUT2D eigenvalue weighted by Gasteiger charge is -2.17. The van der Waals surface area contributed by atoms with E-state index in [2.05, 4.69) is 0 Å². The lowest BCUT2D eigenvalue weighted by atomic mass is 10.1. The summed E-state index contributed by atoms with van der Waals surface area (Å²) in [5.74, 6) is -2.10. The Labute approximate surface area is 140 Å². The van der Waals surface area contributed by atoms with Crippen LogP contribution in [0, 0.1) is 21.7 Å². The van der Waals surface area contributed by atoms with Gasteiger partial charge in [-0.05, 0) is 30.2 Å². The number of thioether (sulfide) groups is 1. The van der Waals surface area contributed by atoms with Gasteiger partial charge in [0, 0.05) is 23.6 Å². The molecule has 0 N–H and O–H groups in total. The van der Waals surface area contributed by atoms with E-state index in [1.807, 2.05) is 0 Å². The number of halogens is 2. The van der Waals surface area contributed by atoms with Crippen molar-refractivity contribution in [1.29, 1.82) is 0 Å². The first kappa shape index (κ1) is 16.4. The van der Waals surface area contributed by atoms with E-state index in [0.717, 1.165) is 29.5 Å². The Hall–Kier alpha value is -2.48. The minimum Gasteiger partial charge on any atom is -0.311 e. The zero-order chi connectivity index (χ0) is 17.3. The monoisotopic (exact) mass is 350 g/mol. The van der Waals surface area contributed by atoms with E-state index in [-0.39, 0.29) is 17.3 Å². The van der Waals surface area contributed by atoms with Crippen LogP contribution in [0.3, 0.4) is 0 Å². The number of carbonyl (C=O) groups is 1. The molecule has 5 nitrogen and oxygen atoms in total. The predicted molar refractivity (Wildman–Crippen MR) is 86.2 cm³/mol. The minimum atomic E-state index is -0.963. The zero-order valence-corrected chi connectivity index (χ0v) is 13.2. The maximum Gasteiger partial charge on any atom is 0.271 e. The normalized spacial score (nSPS) is 13.0. The number of benzene rings is 2. The second-order valence-corrected chi connectivity index (χ2v) is 6.28. The molecule has 2 aromatic rings. The number of nitro groups is 1. The number of amides is 1. The van der Waals surface area contributed by atoms with Crippen LogP contribution in [0.25, 0.3) is 0 Å². The van der Waals surface area contributed by atoms with E-state index in [0.29, 0.717) is 23.5 Å². The summed E-state index contributed by atoms with van der Waals surface area (Å²) < 4.78 is 26.1. The molecule has 8 heteroatoms. The van der Waals surface area contributed by atoms with Gasteiger partial charge in [-0.3, -0.25) is 14.9 Å². The van der Waals surface area contributed by atoms with Crippen molar-refractivity contribution < 1.29 is 18.5 Å². The third-order valence-electron chi connectivity index (χ3n) is 3.73. The molecule has 0 aromatic heterocycles. The second-order valence-electron chi connectivity index (χ2n) is 5.23. The van der Waals surface area contributed by atoms with Crippen LogP contribution < -0.4 is 4.90 Å². The fourth-order valence-electron chi connectivity index (χ4n) is 2.53. The second kappa shape index (κ2) is 6.56. The van der Waals surface area contributed by atoms with Gasteiger partial charge in [0.1, 0.15) is 0 Å². The standard InChI is InChI=1S/C16H12F2N2O3S/c17-13-4-3-12(8-14(13)18)24-9-16(21)19-6-5-10-1-2-11(20(22)23)7-15(10)19/h1-4,7-8H,5-6,9H2. The molecular formula is C16H12F2N2O3S. The van der Waals surface area contributed by atoms with Crippen molar-refractivity contribution in [2.24, 2.45) is 0 Å². The van der Waals surface area contributed by atoms with Gasteiger partial charge in [0.05, 0.1) is 16.4 Å². The van der Waals surface area contributed by atoms with E-state index in [9.17, 15) is 23.7 Å². The van der Waals surface area contributed by atoms with E-state index in [4.69, 9.17) is 0 Å². The summed E-state index contributed by atoms with van der Waals surface area (Å²) in [5.41, 5.74) is 1.36. The number of nitrogens with zero attached hydrogens (tertiary/aromatic N) is 2. The van der Waals surface area contributed by atoms with Crippen LogP contribution in [-0.2, 0) is 11.2 Å². The summed E-state index contributed by atoms with van der Waals surface area (Å²) in [6.45, 7) is 0.452. The Balaban J connectivity index is 1.72. The van der Waals surface area contributed by atoms with E-state index < -0.39 is 16.6 Å². The molecule has 0 aliphatic carbocycles. The number of hydrogen-bond acceptors (Lipinski definition) is 4. The largest absolute Gasteiger partial charge is 0.311 e. The number of nitro benzene ring substituents is 1. The van der Waals surface area contributed by atoms with Crippen LogP contribution in [0.4, 0.5) is 20.2 Å². The molecule has 1 heterocycles. The first-order valence-corrected chi connectivity index (χ1v) is 8.10. The zero-order valence-electron chi connectivity index (χ0n) is 12.4. The van der Waals surface area contributed by atoms with Gasteiger partial charge in [-0.1, -0.05) is 6.07 Å². The van der Waals surface area contributed by atoms with E-state index >= 15 is 0 Å². The SMILES string of the molecule is O=C(CSc1ccc(F)c(F)c1)N1CCc2ccc([N+](=O)[O-])cc21. The van der Waals surface area contributed by atoms with Crippen LogP contribution in [-0.4, -0.2) is 23.1 Å². The van der Waals surface area contributed by atoms with Gasteiger partial charge in [0.25, 0.3) is 5.69 Å². The Bertz CT molecular complexity index is 829. The summed E-state index contributed by atoms with van der Waals surface area (Å²) in [6.07, 6.45) is 0.634. The fourth-order valence-corrected chi connectivity index (χ4v) is 3.33. The van der Waals surface area contributed by atoms with Gasteiger partial charge in [-0.15, -0.1) is 11.8 Å². The van der Waals surface area contributed by atoms with Gasteiger partial charge in [0.2, 0.25) is 5.91 Å². The summed E-state index contributed by atoms with van der Waals surface area (Å²) in [7, 11) is 0. The molecule has 2 aromatic carbocycles. The van der Waals surface area contributed by atoms with Crippen LogP contribution >= 0.6 is 11.8 Å². The van der Waals surface area contributed by atoms with Crippen LogP contribution in [0.1, 0.15) is 5.56 Å². The number of carbonyl (C=O) groups excluding carboxylic acids is 1. The smallest absolute Gasteiger partial charge is 0.271 e. The molecule has 124 valence electrons. The molecule has 0 radical (unpaired) electrons. The molecule has 0 bridgehead atoms. The Kier molecular flexibility index (Phi) is 4.48. The van der Waals surface area contributed by atoms with Gasteiger partial charge < -0.3 is 4.90 Å². The summed E-state index contributed by atoms with van der Waals surface area (Å²) in [6, 6.07) is 7.92. The number of rotatable bonds is 4. The minimum absolute atomic E-state index is 0.0349. The number of anilines is 1. The highest BCUT2D eigenvalue weighted by atomic mass is 32.2. The molecule has 0 atom stereocenters. The fraction of sp³-hybridized carbons (Fsp3) is 0.188. The van der Waals surface area contributed by atoms with Gasteiger partial charge in [-0.25, -0.2) is 8.78 Å². The molecule has 24 heavy (non-hydrogen) atoms. The Morgan fingerprint density at radius 1 is 1.21 bits per heavy atom. The molecule has 0 fully saturated rings. The van der Waals surface area contributed by atoms with Crippen molar-refractivity contribution in [2.45, 2.75) is 11.3 Å². The van der Waals surface area contributed by atoms with Crippen molar-refractivity contribution in [2.75, 3.05) is 17.2 Å². The maximum atomic E-state index is 13.2.